The average molecular weight is 440 g/mol. The van der Waals surface area contributed by atoms with E-state index >= 15 is 0 Å². The highest BCUT2D eigenvalue weighted by molar-refractivity contribution is 5.73. The largest absolute Gasteiger partial charge is 0.490 e. The number of nitrogens with zero attached hydrogens (tertiary/aromatic N) is 4. The highest BCUT2D eigenvalue weighted by Crippen LogP contribution is 2.36. The van der Waals surface area contributed by atoms with Gasteiger partial charge in [-0.2, -0.15) is 13.2 Å². The van der Waals surface area contributed by atoms with E-state index in [1.165, 1.54) is 5.56 Å². The lowest BCUT2D eigenvalue weighted by Crippen LogP contribution is -2.65. The number of aryl methyl sites for hydroxylation is 1. The van der Waals surface area contributed by atoms with Crippen LogP contribution in [0.4, 0.5) is 13.2 Å². The van der Waals surface area contributed by atoms with Crippen LogP contribution in [0.2, 0.25) is 0 Å². The summed E-state index contributed by atoms with van der Waals surface area (Å²) in [6.07, 6.45) is 4.03. The molecule has 2 aliphatic heterocycles. The summed E-state index contributed by atoms with van der Waals surface area (Å²) < 4.78 is 43.9. The van der Waals surface area contributed by atoms with Crippen LogP contribution in [0, 0.1) is 6.92 Å². The van der Waals surface area contributed by atoms with Gasteiger partial charge >= 0.3 is 12.1 Å². The van der Waals surface area contributed by atoms with Crippen molar-refractivity contribution < 1.29 is 32.5 Å². The SMILES string of the molecule is Cc1cncc(OC2CCOC3(C2)CN(Cc2cccnc2)C3)n1.O=C(O)C(F)(F)F. The van der Waals surface area contributed by atoms with Crippen LogP contribution in [0.15, 0.2) is 36.9 Å². The Balaban J connectivity index is 0.000000339. The summed E-state index contributed by atoms with van der Waals surface area (Å²) in [5.74, 6) is -2.14. The molecule has 0 aliphatic carbocycles. The highest BCUT2D eigenvalue weighted by atomic mass is 19.4. The molecule has 2 aliphatic rings. The van der Waals surface area contributed by atoms with Crippen molar-refractivity contribution in [3.8, 4) is 5.88 Å². The predicted molar refractivity (Wildman–Crippen MR) is 102 cm³/mol. The molecule has 168 valence electrons. The van der Waals surface area contributed by atoms with E-state index in [1.807, 2.05) is 25.4 Å². The fourth-order valence-corrected chi connectivity index (χ4v) is 3.60. The third-order valence-corrected chi connectivity index (χ3v) is 4.86. The van der Waals surface area contributed by atoms with Gasteiger partial charge < -0.3 is 14.6 Å². The molecule has 2 aromatic heterocycles. The monoisotopic (exact) mass is 440 g/mol. The molecule has 4 heterocycles. The van der Waals surface area contributed by atoms with Crippen LogP contribution >= 0.6 is 0 Å². The quantitative estimate of drug-likeness (QED) is 0.775. The van der Waals surface area contributed by atoms with Crippen molar-refractivity contribution in [2.75, 3.05) is 19.7 Å². The van der Waals surface area contributed by atoms with Gasteiger partial charge in [0.2, 0.25) is 5.88 Å². The van der Waals surface area contributed by atoms with Crippen molar-refractivity contribution in [3.05, 3.63) is 48.2 Å². The summed E-state index contributed by atoms with van der Waals surface area (Å²) in [5, 5.41) is 7.12. The van der Waals surface area contributed by atoms with Gasteiger partial charge in [-0.05, 0) is 18.6 Å². The summed E-state index contributed by atoms with van der Waals surface area (Å²) in [7, 11) is 0. The molecule has 1 spiro atoms. The van der Waals surface area contributed by atoms with Crippen LogP contribution in [-0.2, 0) is 16.1 Å². The first-order chi connectivity index (χ1) is 14.7. The van der Waals surface area contributed by atoms with Gasteiger partial charge in [0, 0.05) is 51.1 Å². The highest BCUT2D eigenvalue weighted by Gasteiger charge is 2.48. The standard InChI is InChI=1S/C18H22N4O2.C2HF3O2/c1-14-8-20-10-17(21-14)24-16-4-6-23-18(7-16)12-22(13-18)11-15-3-2-5-19-9-15;3-2(4,5)1(6)7/h2-3,5,8-10,16H,4,6-7,11-13H2,1H3;(H,6,7). The molecule has 0 bridgehead atoms. The summed E-state index contributed by atoms with van der Waals surface area (Å²) in [6, 6.07) is 4.09. The molecule has 2 saturated heterocycles. The Morgan fingerprint density at radius 2 is 2.06 bits per heavy atom. The van der Waals surface area contributed by atoms with Gasteiger partial charge in [-0.15, -0.1) is 0 Å². The number of hydrogen-bond acceptors (Lipinski definition) is 7. The first-order valence-electron chi connectivity index (χ1n) is 9.66. The Morgan fingerprint density at radius 1 is 1.32 bits per heavy atom. The minimum absolute atomic E-state index is 0.0671. The van der Waals surface area contributed by atoms with E-state index in [2.05, 4.69) is 25.9 Å². The van der Waals surface area contributed by atoms with Gasteiger partial charge in [0.1, 0.15) is 6.10 Å². The molecule has 31 heavy (non-hydrogen) atoms. The molecule has 1 atom stereocenters. The second-order valence-corrected chi connectivity index (χ2v) is 7.57. The van der Waals surface area contributed by atoms with Gasteiger partial charge in [0.05, 0.1) is 24.1 Å². The van der Waals surface area contributed by atoms with Crippen molar-refractivity contribution in [1.82, 2.24) is 19.9 Å². The van der Waals surface area contributed by atoms with E-state index in [1.54, 1.807) is 12.4 Å². The second-order valence-electron chi connectivity index (χ2n) is 7.57. The average Bonchev–Trinajstić information content (AvgIpc) is 2.68. The molecular weight excluding hydrogens is 417 g/mol. The molecule has 1 unspecified atom stereocenters. The predicted octanol–water partition coefficient (Wildman–Crippen LogP) is 2.63. The van der Waals surface area contributed by atoms with Crippen molar-refractivity contribution >= 4 is 5.97 Å². The van der Waals surface area contributed by atoms with E-state index in [-0.39, 0.29) is 11.7 Å². The Bertz CT molecular complexity index is 876. The van der Waals surface area contributed by atoms with Crippen LogP contribution in [0.3, 0.4) is 0 Å². The first kappa shape index (κ1) is 22.9. The number of alkyl halides is 3. The van der Waals surface area contributed by atoms with Crippen LogP contribution in [0.1, 0.15) is 24.1 Å². The van der Waals surface area contributed by atoms with Gasteiger partial charge in [0.25, 0.3) is 0 Å². The number of carboxylic acids is 1. The molecule has 2 aromatic rings. The van der Waals surface area contributed by atoms with Crippen molar-refractivity contribution in [2.24, 2.45) is 0 Å². The third-order valence-electron chi connectivity index (χ3n) is 4.86. The molecule has 4 rings (SSSR count). The van der Waals surface area contributed by atoms with Crippen LogP contribution in [0.25, 0.3) is 0 Å². The van der Waals surface area contributed by atoms with E-state index in [4.69, 9.17) is 19.4 Å². The number of aliphatic carboxylic acids is 1. The molecule has 11 heteroatoms. The Kier molecular flexibility index (Phi) is 7.06. The molecule has 0 aromatic carbocycles. The molecule has 0 saturated carbocycles. The van der Waals surface area contributed by atoms with E-state index in [0.717, 1.165) is 44.8 Å². The van der Waals surface area contributed by atoms with Crippen LogP contribution in [0.5, 0.6) is 5.88 Å². The number of carbonyl (C=O) groups is 1. The lowest BCUT2D eigenvalue weighted by atomic mass is 9.84. The zero-order valence-electron chi connectivity index (χ0n) is 16.9. The van der Waals surface area contributed by atoms with Crippen LogP contribution < -0.4 is 4.74 Å². The molecule has 1 N–H and O–H groups in total. The summed E-state index contributed by atoms with van der Waals surface area (Å²) >= 11 is 0. The first-order valence-corrected chi connectivity index (χ1v) is 9.66. The number of pyridine rings is 1. The molecule has 0 amide bonds. The lowest BCUT2D eigenvalue weighted by molar-refractivity contribution is -0.192. The third kappa shape index (κ3) is 6.59. The molecule has 0 radical (unpaired) electrons. The number of halogens is 3. The molecule has 2 fully saturated rings. The minimum atomic E-state index is -5.08. The fraction of sp³-hybridized carbons (Fsp3) is 0.500. The second kappa shape index (κ2) is 9.56. The lowest BCUT2D eigenvalue weighted by Gasteiger charge is -2.53. The van der Waals surface area contributed by atoms with Gasteiger partial charge in [0.15, 0.2) is 0 Å². The maximum Gasteiger partial charge on any atom is 0.490 e. The van der Waals surface area contributed by atoms with Gasteiger partial charge in [-0.25, -0.2) is 9.78 Å². The maximum atomic E-state index is 10.6. The smallest absolute Gasteiger partial charge is 0.475 e. The Labute approximate surface area is 177 Å². The Morgan fingerprint density at radius 3 is 2.68 bits per heavy atom. The van der Waals surface area contributed by atoms with Crippen LogP contribution in [-0.4, -0.2) is 68.5 Å². The number of ether oxygens (including phenoxy) is 2. The number of carboxylic acid groups (broad SMARTS) is 1. The van der Waals surface area contributed by atoms with Crippen molar-refractivity contribution in [2.45, 2.75) is 44.2 Å². The zero-order valence-corrected chi connectivity index (χ0v) is 16.9. The number of aromatic nitrogens is 3. The van der Waals surface area contributed by atoms with Crippen molar-refractivity contribution in [1.29, 1.82) is 0 Å². The Hall–Kier alpha value is -2.79. The maximum absolute atomic E-state index is 10.6. The van der Waals surface area contributed by atoms with Crippen molar-refractivity contribution in [3.63, 3.8) is 0 Å². The van der Waals surface area contributed by atoms with E-state index in [0.29, 0.717) is 5.88 Å². The van der Waals surface area contributed by atoms with E-state index in [9.17, 15) is 13.2 Å². The molecular formula is C20H23F3N4O4. The summed E-state index contributed by atoms with van der Waals surface area (Å²) in [6.45, 7) is 5.48. The minimum Gasteiger partial charge on any atom is -0.475 e. The topological polar surface area (TPSA) is 97.7 Å². The van der Waals surface area contributed by atoms with Gasteiger partial charge in [-0.3, -0.25) is 14.9 Å². The number of likely N-dealkylation sites (tertiary alicyclic amines) is 1. The van der Waals surface area contributed by atoms with Gasteiger partial charge in [-0.1, -0.05) is 6.07 Å². The zero-order chi connectivity index (χ0) is 22.5. The molecule has 8 nitrogen and oxygen atoms in total. The fourth-order valence-electron chi connectivity index (χ4n) is 3.60. The summed E-state index contributed by atoms with van der Waals surface area (Å²) in [4.78, 5) is 24.0. The normalized spacial score (nSPS) is 20.3. The number of hydrogen-bond donors (Lipinski definition) is 1. The van der Waals surface area contributed by atoms with E-state index < -0.39 is 12.1 Å². The number of rotatable bonds is 4. The summed E-state index contributed by atoms with van der Waals surface area (Å²) in [5.41, 5.74) is 2.05.